The van der Waals surface area contributed by atoms with Gasteiger partial charge < -0.3 is 0 Å². The number of hydrogen-bond acceptors (Lipinski definition) is 2. The predicted molar refractivity (Wildman–Crippen MR) is 80.7 cm³/mol. The molecule has 0 amide bonds. The summed E-state index contributed by atoms with van der Waals surface area (Å²) in [6.07, 6.45) is 16.8. The molecule has 0 spiro atoms. The van der Waals surface area contributed by atoms with Crippen molar-refractivity contribution in [3.63, 3.8) is 0 Å². The zero-order chi connectivity index (χ0) is 13.5. The van der Waals surface area contributed by atoms with E-state index in [-0.39, 0.29) is 0 Å². The highest BCUT2D eigenvalue weighted by Gasteiger charge is 1.94. The van der Waals surface area contributed by atoms with E-state index in [4.69, 9.17) is 4.84 Å². The third kappa shape index (κ3) is 15.9. The van der Waals surface area contributed by atoms with Crippen LogP contribution >= 0.6 is 0 Å². The fourth-order valence-electron chi connectivity index (χ4n) is 2.19. The second-order valence-electron chi connectivity index (χ2n) is 5.53. The van der Waals surface area contributed by atoms with Gasteiger partial charge in [0.15, 0.2) is 0 Å². The Kier molecular flexibility index (Phi) is 14.9. The van der Waals surface area contributed by atoms with Crippen LogP contribution in [0.4, 0.5) is 0 Å². The summed E-state index contributed by atoms with van der Waals surface area (Å²) in [6.45, 7) is 3.16. The average Bonchev–Trinajstić information content (AvgIpc) is 2.34. The Morgan fingerprint density at radius 3 is 1.39 bits per heavy atom. The molecule has 2 nitrogen and oxygen atoms in total. The number of hydrogen-bond donors (Lipinski definition) is 0. The largest absolute Gasteiger partial charge is 0.300 e. The molecule has 18 heavy (non-hydrogen) atoms. The van der Waals surface area contributed by atoms with Crippen molar-refractivity contribution in [2.24, 2.45) is 0 Å². The summed E-state index contributed by atoms with van der Waals surface area (Å²) in [5, 5.41) is 1.79. The Hall–Kier alpha value is -0.0800. The minimum absolute atomic E-state index is 0.879. The molecule has 0 atom stereocenters. The molecule has 0 aromatic heterocycles. The van der Waals surface area contributed by atoms with Gasteiger partial charge in [-0.05, 0) is 6.42 Å². The Balaban J connectivity index is 2.90. The third-order valence-corrected chi connectivity index (χ3v) is 3.35. The van der Waals surface area contributed by atoms with E-state index in [9.17, 15) is 0 Å². The lowest BCUT2D eigenvalue weighted by Gasteiger charge is -2.09. The Morgan fingerprint density at radius 1 is 0.611 bits per heavy atom. The zero-order valence-corrected chi connectivity index (χ0v) is 13.0. The van der Waals surface area contributed by atoms with E-state index in [1.165, 1.54) is 77.0 Å². The minimum Gasteiger partial charge on any atom is -0.300 e. The standard InChI is InChI=1S/C16H35NO/c1-4-5-6-7-8-9-10-11-12-13-14-15-16-18-17(2)3/h4-16H2,1-3H3. The van der Waals surface area contributed by atoms with E-state index >= 15 is 0 Å². The molecule has 0 saturated heterocycles. The predicted octanol–water partition coefficient (Wildman–Crippen LogP) is 5.18. The van der Waals surface area contributed by atoms with Crippen LogP contribution in [0.3, 0.4) is 0 Å². The van der Waals surface area contributed by atoms with Gasteiger partial charge in [-0.25, -0.2) is 0 Å². The van der Waals surface area contributed by atoms with Crippen molar-refractivity contribution in [2.75, 3.05) is 20.7 Å². The summed E-state index contributed by atoms with van der Waals surface area (Å²) in [6, 6.07) is 0. The van der Waals surface area contributed by atoms with Crippen LogP contribution in [0, 0.1) is 0 Å². The highest BCUT2D eigenvalue weighted by molar-refractivity contribution is 4.48. The van der Waals surface area contributed by atoms with Crippen molar-refractivity contribution in [2.45, 2.75) is 84.0 Å². The van der Waals surface area contributed by atoms with E-state index in [0.717, 1.165) is 6.61 Å². The topological polar surface area (TPSA) is 12.5 Å². The minimum atomic E-state index is 0.879. The molecule has 0 aromatic rings. The van der Waals surface area contributed by atoms with E-state index in [1.807, 2.05) is 14.1 Å². The van der Waals surface area contributed by atoms with E-state index in [1.54, 1.807) is 5.06 Å². The van der Waals surface area contributed by atoms with Crippen LogP contribution in [0.15, 0.2) is 0 Å². The summed E-state index contributed by atoms with van der Waals surface area (Å²) >= 11 is 0. The van der Waals surface area contributed by atoms with E-state index < -0.39 is 0 Å². The molecular formula is C16H35NO. The van der Waals surface area contributed by atoms with Gasteiger partial charge in [-0.1, -0.05) is 77.6 Å². The van der Waals surface area contributed by atoms with Crippen LogP contribution in [-0.4, -0.2) is 25.8 Å². The lowest BCUT2D eigenvalue weighted by atomic mass is 10.1. The fraction of sp³-hybridized carbons (Fsp3) is 1.00. The molecule has 0 heterocycles. The fourth-order valence-corrected chi connectivity index (χ4v) is 2.19. The van der Waals surface area contributed by atoms with Crippen molar-refractivity contribution in [3.05, 3.63) is 0 Å². The molecular weight excluding hydrogens is 222 g/mol. The number of hydroxylamine groups is 2. The summed E-state index contributed by atoms with van der Waals surface area (Å²) < 4.78 is 0. The van der Waals surface area contributed by atoms with Gasteiger partial charge in [0.2, 0.25) is 0 Å². The van der Waals surface area contributed by atoms with Crippen LogP contribution in [0.1, 0.15) is 84.0 Å². The first-order valence-electron chi connectivity index (χ1n) is 8.07. The van der Waals surface area contributed by atoms with Gasteiger partial charge in [-0.2, -0.15) is 5.06 Å². The Morgan fingerprint density at radius 2 is 1.00 bits per heavy atom. The van der Waals surface area contributed by atoms with Gasteiger partial charge in [0.1, 0.15) is 0 Å². The molecule has 110 valence electrons. The summed E-state index contributed by atoms with van der Waals surface area (Å²) in [7, 11) is 3.89. The number of unbranched alkanes of at least 4 members (excludes halogenated alkanes) is 11. The lowest BCUT2D eigenvalue weighted by molar-refractivity contribution is -0.120. The molecule has 0 N–H and O–H groups in total. The molecule has 0 aliphatic rings. The monoisotopic (exact) mass is 257 g/mol. The molecule has 0 radical (unpaired) electrons. The molecule has 0 saturated carbocycles. The molecule has 0 unspecified atom stereocenters. The molecule has 0 aromatic carbocycles. The van der Waals surface area contributed by atoms with Crippen molar-refractivity contribution in [1.29, 1.82) is 0 Å². The second-order valence-corrected chi connectivity index (χ2v) is 5.53. The van der Waals surface area contributed by atoms with Crippen LogP contribution < -0.4 is 0 Å². The molecule has 0 bridgehead atoms. The van der Waals surface area contributed by atoms with Crippen molar-refractivity contribution in [3.8, 4) is 0 Å². The number of nitrogens with zero attached hydrogens (tertiary/aromatic N) is 1. The van der Waals surface area contributed by atoms with Crippen LogP contribution in [0.2, 0.25) is 0 Å². The van der Waals surface area contributed by atoms with E-state index in [0.29, 0.717) is 0 Å². The Bertz CT molecular complexity index is 148. The van der Waals surface area contributed by atoms with E-state index in [2.05, 4.69) is 6.92 Å². The first-order chi connectivity index (χ1) is 8.77. The summed E-state index contributed by atoms with van der Waals surface area (Å²) in [4.78, 5) is 5.37. The van der Waals surface area contributed by atoms with Gasteiger partial charge in [0.25, 0.3) is 0 Å². The molecule has 0 aliphatic carbocycles. The SMILES string of the molecule is CCCCCCCCCCCCCCON(C)C. The maximum Gasteiger partial charge on any atom is 0.0684 e. The van der Waals surface area contributed by atoms with Crippen molar-refractivity contribution >= 4 is 0 Å². The van der Waals surface area contributed by atoms with Gasteiger partial charge >= 0.3 is 0 Å². The second kappa shape index (κ2) is 15.0. The van der Waals surface area contributed by atoms with Crippen LogP contribution in [-0.2, 0) is 4.84 Å². The van der Waals surface area contributed by atoms with Crippen LogP contribution in [0.25, 0.3) is 0 Å². The first kappa shape index (κ1) is 17.9. The smallest absolute Gasteiger partial charge is 0.0684 e. The summed E-state index contributed by atoms with van der Waals surface area (Å²) in [5.74, 6) is 0. The van der Waals surface area contributed by atoms with Gasteiger partial charge in [0.05, 0.1) is 6.61 Å². The normalized spacial score (nSPS) is 11.3. The van der Waals surface area contributed by atoms with Crippen LogP contribution in [0.5, 0.6) is 0 Å². The maximum atomic E-state index is 5.37. The zero-order valence-electron chi connectivity index (χ0n) is 13.0. The molecule has 0 fully saturated rings. The van der Waals surface area contributed by atoms with Crippen molar-refractivity contribution in [1.82, 2.24) is 5.06 Å². The van der Waals surface area contributed by atoms with Gasteiger partial charge in [-0.3, -0.25) is 4.84 Å². The van der Waals surface area contributed by atoms with Crippen molar-refractivity contribution < 1.29 is 4.84 Å². The Labute approximate surface area is 115 Å². The third-order valence-electron chi connectivity index (χ3n) is 3.35. The first-order valence-corrected chi connectivity index (χ1v) is 8.07. The van der Waals surface area contributed by atoms with Gasteiger partial charge in [-0.15, -0.1) is 0 Å². The lowest BCUT2D eigenvalue weighted by Crippen LogP contribution is -2.13. The molecule has 2 heteroatoms. The highest BCUT2D eigenvalue weighted by Crippen LogP contribution is 2.11. The highest BCUT2D eigenvalue weighted by atomic mass is 16.7. The maximum absolute atomic E-state index is 5.37. The molecule has 0 rings (SSSR count). The molecule has 0 aliphatic heterocycles. The average molecular weight is 257 g/mol. The quantitative estimate of drug-likeness (QED) is 0.314. The van der Waals surface area contributed by atoms with Gasteiger partial charge in [0, 0.05) is 14.1 Å². The number of rotatable bonds is 14. The summed E-state index contributed by atoms with van der Waals surface area (Å²) in [5.41, 5.74) is 0.